The van der Waals surface area contributed by atoms with Crippen molar-refractivity contribution < 1.29 is 19.6 Å². The van der Waals surface area contributed by atoms with Crippen LogP contribution in [0.2, 0.25) is 0 Å². The second-order valence-corrected chi connectivity index (χ2v) is 6.67. The van der Waals surface area contributed by atoms with Crippen LogP contribution in [0.25, 0.3) is 6.08 Å². The zero-order chi connectivity index (χ0) is 16.1. The summed E-state index contributed by atoms with van der Waals surface area (Å²) in [7, 11) is 0. The van der Waals surface area contributed by atoms with Gasteiger partial charge in [0, 0.05) is 23.6 Å². The lowest BCUT2D eigenvalue weighted by Gasteiger charge is -2.07. The number of carboxylic acids is 1. The molecule has 6 nitrogen and oxygen atoms in total. The Kier molecular flexibility index (Phi) is 5.40. The van der Waals surface area contributed by atoms with E-state index in [1.54, 1.807) is 6.07 Å². The Labute approximate surface area is 134 Å². The maximum atomic E-state index is 12.0. The number of carboxylic acid groups (broad SMARTS) is 1. The highest BCUT2D eigenvalue weighted by atomic mass is 32.2. The lowest BCUT2D eigenvalue weighted by atomic mass is 10.1. The first-order valence-corrected chi connectivity index (χ1v) is 8.14. The Hall–Kier alpha value is -2.06. The molecule has 0 N–H and O–H groups in total. The van der Waals surface area contributed by atoms with Crippen LogP contribution in [-0.4, -0.2) is 28.2 Å². The molecule has 1 heterocycles. The summed E-state index contributed by atoms with van der Waals surface area (Å²) in [5, 5.41) is 21.8. The minimum Gasteiger partial charge on any atom is -0.545 e. The minimum atomic E-state index is -1.51. The number of thioether (sulfide) groups is 2. The molecule has 0 radical (unpaired) electrons. The molecule has 0 amide bonds. The lowest BCUT2D eigenvalue weighted by molar-refractivity contribution is -0.384. The Morgan fingerprint density at radius 2 is 1.91 bits per heavy atom. The van der Waals surface area contributed by atoms with E-state index >= 15 is 0 Å². The van der Waals surface area contributed by atoms with E-state index in [1.807, 2.05) is 0 Å². The number of carbonyl (C=O) groups is 2. The van der Waals surface area contributed by atoms with E-state index in [0.29, 0.717) is 9.80 Å². The number of rotatable bonds is 5. The number of carbonyl (C=O) groups excluding carboxylic acids is 2. The van der Waals surface area contributed by atoms with Crippen LogP contribution in [0.15, 0.2) is 40.2 Å². The summed E-state index contributed by atoms with van der Waals surface area (Å²) in [6.45, 7) is 0. The molecular weight excluding hydrogens is 326 g/mol. The van der Waals surface area contributed by atoms with Crippen molar-refractivity contribution in [3.63, 3.8) is 0 Å². The van der Waals surface area contributed by atoms with Crippen LogP contribution >= 0.6 is 23.5 Å². The van der Waals surface area contributed by atoms with E-state index in [9.17, 15) is 24.8 Å². The average Bonchev–Trinajstić information content (AvgIpc) is 2.99. The molecule has 2 rings (SSSR count). The molecule has 1 aromatic rings. The summed E-state index contributed by atoms with van der Waals surface area (Å²) >= 11 is 2.63. The van der Waals surface area contributed by atoms with Crippen LogP contribution < -0.4 is 5.11 Å². The maximum absolute atomic E-state index is 12.0. The monoisotopic (exact) mass is 336 g/mol. The Morgan fingerprint density at radius 1 is 1.23 bits per heavy atom. The van der Waals surface area contributed by atoms with Crippen LogP contribution in [0.3, 0.4) is 0 Å². The van der Waals surface area contributed by atoms with Gasteiger partial charge in [0.05, 0.1) is 20.7 Å². The van der Waals surface area contributed by atoms with Gasteiger partial charge in [0.25, 0.3) is 5.69 Å². The van der Waals surface area contributed by atoms with Gasteiger partial charge in [0.1, 0.15) is 0 Å². The average molecular weight is 336 g/mol. The number of benzene rings is 1. The summed E-state index contributed by atoms with van der Waals surface area (Å²) in [5.41, 5.74) is -0.0128. The lowest BCUT2D eigenvalue weighted by Crippen LogP contribution is -2.28. The Bertz CT molecular complexity index is 688. The quantitative estimate of drug-likeness (QED) is 0.265. The second-order valence-electron chi connectivity index (χ2n) is 4.20. The number of allylic oxidation sites excluding steroid dienone is 1. The van der Waals surface area contributed by atoms with E-state index in [2.05, 4.69) is 0 Å². The highest BCUT2D eigenvalue weighted by Gasteiger charge is 2.19. The van der Waals surface area contributed by atoms with Crippen molar-refractivity contribution in [1.29, 1.82) is 0 Å². The number of ketones is 1. The van der Waals surface area contributed by atoms with Crippen LogP contribution in [0.5, 0.6) is 0 Å². The fraction of sp³-hybridized carbons (Fsp3) is 0.143. The number of hydrogen-bond donors (Lipinski definition) is 0. The van der Waals surface area contributed by atoms with Gasteiger partial charge in [-0.3, -0.25) is 14.9 Å². The second kappa shape index (κ2) is 7.28. The molecule has 1 fully saturated rings. The molecule has 0 saturated carbocycles. The van der Waals surface area contributed by atoms with Crippen molar-refractivity contribution in [3.8, 4) is 0 Å². The number of aliphatic carboxylic acids is 1. The number of hydrogen-bond acceptors (Lipinski definition) is 7. The van der Waals surface area contributed by atoms with Gasteiger partial charge in [0.2, 0.25) is 0 Å². The van der Waals surface area contributed by atoms with Crippen LogP contribution in [0, 0.1) is 10.1 Å². The van der Waals surface area contributed by atoms with Gasteiger partial charge >= 0.3 is 0 Å². The Balaban J connectivity index is 2.23. The number of nitro benzene ring substituents is 1. The summed E-state index contributed by atoms with van der Waals surface area (Å²) in [6, 6.07) is 5.71. The van der Waals surface area contributed by atoms with Gasteiger partial charge < -0.3 is 9.90 Å². The molecule has 0 aromatic heterocycles. The smallest absolute Gasteiger partial charge is 0.270 e. The van der Waals surface area contributed by atoms with Crippen molar-refractivity contribution >= 4 is 47.0 Å². The number of nitrogens with zero attached hydrogens (tertiary/aromatic N) is 1. The Morgan fingerprint density at radius 3 is 2.50 bits per heavy atom. The number of nitro groups is 1. The van der Waals surface area contributed by atoms with Gasteiger partial charge in [-0.15, -0.1) is 23.5 Å². The largest absolute Gasteiger partial charge is 0.545 e. The highest BCUT2D eigenvalue weighted by molar-refractivity contribution is 8.25. The minimum absolute atomic E-state index is 0.102. The third-order valence-corrected chi connectivity index (χ3v) is 5.43. The standard InChI is InChI=1S/C14H11NO5S2/c16-11(12(13(17)18)14-21-6-7-22-14)5-4-9-2-1-3-10(8-9)15(19)20/h1-5,8H,6-7H2,(H,17,18)/p-1/b5-4+. The van der Waals surface area contributed by atoms with E-state index in [-0.39, 0.29) is 11.3 Å². The molecule has 0 atom stereocenters. The fourth-order valence-corrected chi connectivity index (χ4v) is 4.26. The summed E-state index contributed by atoms with van der Waals surface area (Å²) < 4.78 is 0.452. The van der Waals surface area contributed by atoms with Gasteiger partial charge in [-0.25, -0.2) is 0 Å². The van der Waals surface area contributed by atoms with Gasteiger partial charge in [-0.05, 0) is 11.6 Å². The van der Waals surface area contributed by atoms with Gasteiger partial charge in [0.15, 0.2) is 5.78 Å². The highest BCUT2D eigenvalue weighted by Crippen LogP contribution is 2.38. The van der Waals surface area contributed by atoms with E-state index in [0.717, 1.165) is 17.6 Å². The molecule has 0 spiro atoms. The molecule has 114 valence electrons. The van der Waals surface area contributed by atoms with Gasteiger partial charge in [-0.1, -0.05) is 18.2 Å². The summed E-state index contributed by atoms with van der Waals surface area (Å²) in [4.78, 5) is 33.3. The molecule has 1 aliphatic heterocycles. The van der Waals surface area contributed by atoms with Crippen LogP contribution in [0.4, 0.5) is 5.69 Å². The van der Waals surface area contributed by atoms with Crippen molar-refractivity contribution in [2.24, 2.45) is 0 Å². The zero-order valence-corrected chi connectivity index (χ0v) is 12.8. The first-order valence-electron chi connectivity index (χ1n) is 6.17. The molecule has 0 unspecified atom stereocenters. The molecule has 0 bridgehead atoms. The van der Waals surface area contributed by atoms with Crippen molar-refractivity contribution in [1.82, 2.24) is 0 Å². The SMILES string of the molecule is O=C([O-])C(C(=O)/C=C/c1cccc([N+](=O)[O-])c1)=C1SCCS1. The van der Waals surface area contributed by atoms with Crippen molar-refractivity contribution in [3.05, 3.63) is 55.8 Å². The van der Waals surface area contributed by atoms with E-state index in [4.69, 9.17) is 0 Å². The molecule has 22 heavy (non-hydrogen) atoms. The first kappa shape index (κ1) is 16.3. The molecule has 1 aliphatic rings. The third kappa shape index (κ3) is 3.99. The fourth-order valence-electron chi connectivity index (χ4n) is 1.74. The molecule has 0 aliphatic carbocycles. The summed E-state index contributed by atoms with van der Waals surface area (Å²) in [5.74, 6) is -0.689. The number of non-ortho nitro benzene ring substituents is 1. The molecule has 1 aromatic carbocycles. The zero-order valence-electron chi connectivity index (χ0n) is 11.2. The van der Waals surface area contributed by atoms with E-state index < -0.39 is 16.7 Å². The first-order chi connectivity index (χ1) is 10.5. The predicted octanol–water partition coefficient (Wildman–Crippen LogP) is 1.62. The van der Waals surface area contributed by atoms with Crippen molar-refractivity contribution in [2.45, 2.75) is 0 Å². The molecule has 1 saturated heterocycles. The van der Waals surface area contributed by atoms with Crippen LogP contribution in [-0.2, 0) is 9.59 Å². The third-order valence-electron chi connectivity index (χ3n) is 2.71. The van der Waals surface area contributed by atoms with Crippen molar-refractivity contribution in [2.75, 3.05) is 11.5 Å². The molecular formula is C14H10NO5S2-. The van der Waals surface area contributed by atoms with Gasteiger partial charge in [-0.2, -0.15) is 0 Å². The molecule has 8 heteroatoms. The van der Waals surface area contributed by atoms with Crippen LogP contribution in [0.1, 0.15) is 5.56 Å². The summed E-state index contributed by atoms with van der Waals surface area (Å²) in [6.07, 6.45) is 2.44. The predicted molar refractivity (Wildman–Crippen MR) is 84.1 cm³/mol. The maximum Gasteiger partial charge on any atom is 0.270 e. The van der Waals surface area contributed by atoms with E-state index in [1.165, 1.54) is 47.8 Å². The topological polar surface area (TPSA) is 100 Å². The normalized spacial score (nSPS) is 14.3.